The van der Waals surface area contributed by atoms with Crippen LogP contribution >= 0.6 is 15.9 Å². The van der Waals surface area contributed by atoms with Crippen molar-refractivity contribution in [3.8, 4) is 0 Å². The molecule has 2 aromatic rings. The maximum absolute atomic E-state index is 13.3. The molecule has 0 aliphatic heterocycles. The van der Waals surface area contributed by atoms with Gasteiger partial charge in [-0.1, -0.05) is 0 Å². The Morgan fingerprint density at radius 2 is 1.95 bits per heavy atom. The van der Waals surface area contributed by atoms with Crippen molar-refractivity contribution in [3.63, 3.8) is 0 Å². The molecule has 5 nitrogen and oxygen atoms in total. The van der Waals surface area contributed by atoms with E-state index in [4.69, 9.17) is 0 Å². The molecule has 0 atom stereocenters. The van der Waals surface area contributed by atoms with Crippen LogP contribution in [0.1, 0.15) is 0 Å². The first-order valence-corrected chi connectivity index (χ1v) is 5.84. The molecule has 19 heavy (non-hydrogen) atoms. The van der Waals surface area contributed by atoms with Crippen LogP contribution < -0.4 is 10.6 Å². The lowest BCUT2D eigenvalue weighted by molar-refractivity contribution is 0.262. The Kier molecular flexibility index (Phi) is 4.00. The van der Waals surface area contributed by atoms with Crippen molar-refractivity contribution in [3.05, 3.63) is 46.8 Å². The topological polar surface area (TPSA) is 66.9 Å². The minimum atomic E-state index is -0.864. The Hall–Kier alpha value is -2.09. The summed E-state index contributed by atoms with van der Waals surface area (Å²) in [4.78, 5) is 19.3. The third kappa shape index (κ3) is 3.68. The fourth-order valence-electron chi connectivity index (χ4n) is 1.24. The van der Waals surface area contributed by atoms with E-state index in [9.17, 15) is 13.6 Å². The van der Waals surface area contributed by atoms with E-state index in [-0.39, 0.29) is 11.5 Å². The lowest BCUT2D eigenvalue weighted by atomic mass is 10.3. The van der Waals surface area contributed by atoms with Crippen LogP contribution in [0.5, 0.6) is 0 Å². The van der Waals surface area contributed by atoms with Crippen molar-refractivity contribution in [2.24, 2.45) is 0 Å². The maximum Gasteiger partial charge on any atom is 0.324 e. The number of rotatable bonds is 2. The van der Waals surface area contributed by atoms with Crippen molar-refractivity contribution in [1.82, 2.24) is 9.97 Å². The van der Waals surface area contributed by atoms with Crippen LogP contribution in [0.3, 0.4) is 0 Å². The molecule has 0 bridgehead atoms. The molecule has 0 saturated heterocycles. The van der Waals surface area contributed by atoms with Gasteiger partial charge in [-0.25, -0.2) is 23.5 Å². The Morgan fingerprint density at radius 1 is 1.16 bits per heavy atom. The second-order valence-corrected chi connectivity index (χ2v) is 4.24. The molecule has 0 aliphatic carbocycles. The smallest absolute Gasteiger partial charge is 0.305 e. The summed E-state index contributed by atoms with van der Waals surface area (Å²) in [7, 11) is 0. The summed E-state index contributed by atoms with van der Waals surface area (Å²) in [5.74, 6) is -1.39. The van der Waals surface area contributed by atoms with E-state index < -0.39 is 17.7 Å². The Balaban J connectivity index is 2.03. The fraction of sp³-hybridized carbons (Fsp3) is 0. The van der Waals surface area contributed by atoms with Gasteiger partial charge in [-0.2, -0.15) is 0 Å². The van der Waals surface area contributed by atoms with Gasteiger partial charge in [0, 0.05) is 6.07 Å². The van der Waals surface area contributed by atoms with Gasteiger partial charge in [0.25, 0.3) is 0 Å². The number of hydrogen-bond donors (Lipinski definition) is 2. The molecule has 2 amide bonds. The second-order valence-electron chi connectivity index (χ2n) is 3.43. The van der Waals surface area contributed by atoms with E-state index in [2.05, 4.69) is 36.5 Å². The number of hydrogen-bond acceptors (Lipinski definition) is 3. The van der Waals surface area contributed by atoms with Crippen LogP contribution in [0.25, 0.3) is 0 Å². The van der Waals surface area contributed by atoms with Crippen molar-refractivity contribution >= 4 is 33.5 Å². The number of benzene rings is 1. The van der Waals surface area contributed by atoms with Gasteiger partial charge < -0.3 is 5.32 Å². The average molecular weight is 329 g/mol. The van der Waals surface area contributed by atoms with E-state index in [1.165, 1.54) is 12.4 Å². The highest BCUT2D eigenvalue weighted by Crippen LogP contribution is 2.15. The fourth-order valence-corrected chi connectivity index (χ4v) is 1.44. The monoisotopic (exact) mass is 328 g/mol. The highest BCUT2D eigenvalue weighted by Gasteiger charge is 2.08. The summed E-state index contributed by atoms with van der Waals surface area (Å²) in [5, 5.41) is 4.58. The Bertz CT molecular complexity index is 606. The van der Waals surface area contributed by atoms with Gasteiger partial charge in [0.15, 0.2) is 5.82 Å². The summed E-state index contributed by atoms with van der Waals surface area (Å²) in [6.45, 7) is 0. The lowest BCUT2D eigenvalue weighted by Gasteiger charge is -2.07. The van der Waals surface area contributed by atoms with Crippen molar-refractivity contribution in [2.75, 3.05) is 10.6 Å². The molecule has 1 aromatic heterocycles. The van der Waals surface area contributed by atoms with Crippen LogP contribution in [0.4, 0.5) is 25.1 Å². The van der Waals surface area contributed by atoms with Crippen LogP contribution in [0.2, 0.25) is 0 Å². The number of aromatic nitrogens is 2. The normalized spacial score (nSPS) is 10.1. The molecule has 0 saturated carbocycles. The number of urea groups is 1. The van der Waals surface area contributed by atoms with Gasteiger partial charge in [0.05, 0.1) is 18.1 Å². The molecule has 8 heteroatoms. The quantitative estimate of drug-likeness (QED) is 0.889. The standard InChI is InChI=1S/C11H7BrF2N4O/c12-9-4-16-10(5-15-9)18-11(19)17-8-2-1-6(13)3-7(8)14/h1-5H,(H2,16,17,18,19). The average Bonchev–Trinajstić information content (AvgIpc) is 2.36. The first kappa shape index (κ1) is 13.3. The van der Waals surface area contributed by atoms with Gasteiger partial charge in [0.1, 0.15) is 16.2 Å². The number of nitrogens with zero attached hydrogens (tertiary/aromatic N) is 2. The lowest BCUT2D eigenvalue weighted by Crippen LogP contribution is -2.20. The Morgan fingerprint density at radius 3 is 2.58 bits per heavy atom. The number of amides is 2. The van der Waals surface area contributed by atoms with Crippen LogP contribution in [-0.2, 0) is 0 Å². The van der Waals surface area contributed by atoms with Crippen molar-refractivity contribution in [1.29, 1.82) is 0 Å². The third-order valence-corrected chi connectivity index (χ3v) is 2.45. The van der Waals surface area contributed by atoms with Crippen LogP contribution in [0, 0.1) is 11.6 Å². The summed E-state index contributed by atoms with van der Waals surface area (Å²) in [6.07, 6.45) is 2.72. The summed E-state index contributed by atoms with van der Waals surface area (Å²) in [6, 6.07) is 2.13. The van der Waals surface area contributed by atoms with E-state index in [1.807, 2.05) is 0 Å². The maximum atomic E-state index is 13.3. The van der Waals surface area contributed by atoms with Gasteiger partial charge in [-0.15, -0.1) is 0 Å². The third-order valence-electron chi connectivity index (χ3n) is 2.04. The first-order valence-electron chi connectivity index (χ1n) is 5.05. The van der Waals surface area contributed by atoms with Gasteiger partial charge in [-0.3, -0.25) is 5.32 Å². The number of carbonyl (C=O) groups excluding carboxylic acids is 1. The molecule has 2 rings (SSSR count). The van der Waals surface area contributed by atoms with Gasteiger partial charge in [0.2, 0.25) is 0 Å². The predicted molar refractivity (Wildman–Crippen MR) is 68.7 cm³/mol. The molecule has 1 heterocycles. The van der Waals surface area contributed by atoms with E-state index in [1.54, 1.807) is 0 Å². The zero-order valence-electron chi connectivity index (χ0n) is 9.32. The molecule has 0 unspecified atom stereocenters. The molecule has 2 N–H and O–H groups in total. The van der Waals surface area contributed by atoms with Crippen molar-refractivity contribution in [2.45, 2.75) is 0 Å². The zero-order valence-corrected chi connectivity index (χ0v) is 10.9. The highest BCUT2D eigenvalue weighted by atomic mass is 79.9. The summed E-state index contributed by atoms with van der Waals surface area (Å²) >= 11 is 3.09. The van der Waals surface area contributed by atoms with E-state index in [0.29, 0.717) is 10.7 Å². The van der Waals surface area contributed by atoms with E-state index in [0.717, 1.165) is 12.1 Å². The predicted octanol–water partition coefficient (Wildman–Crippen LogP) is 3.16. The molecule has 0 aliphatic rings. The number of nitrogens with one attached hydrogen (secondary N) is 2. The highest BCUT2D eigenvalue weighted by molar-refractivity contribution is 9.10. The SMILES string of the molecule is O=C(Nc1cnc(Br)cn1)Nc1ccc(F)cc1F. The first-order chi connectivity index (χ1) is 9.04. The zero-order chi connectivity index (χ0) is 13.8. The van der Waals surface area contributed by atoms with Crippen LogP contribution in [-0.4, -0.2) is 16.0 Å². The van der Waals surface area contributed by atoms with E-state index >= 15 is 0 Å². The summed E-state index contributed by atoms with van der Waals surface area (Å²) < 4.78 is 26.5. The molecule has 1 aromatic carbocycles. The largest absolute Gasteiger partial charge is 0.324 e. The summed E-state index contributed by atoms with van der Waals surface area (Å²) in [5.41, 5.74) is -0.135. The number of anilines is 2. The molecule has 0 spiro atoms. The van der Waals surface area contributed by atoms with Crippen LogP contribution in [0.15, 0.2) is 35.2 Å². The van der Waals surface area contributed by atoms with Gasteiger partial charge in [-0.05, 0) is 28.1 Å². The Labute approximate surface area is 115 Å². The molecule has 0 radical (unpaired) electrons. The second kappa shape index (κ2) is 5.70. The van der Waals surface area contributed by atoms with Crippen molar-refractivity contribution < 1.29 is 13.6 Å². The van der Waals surface area contributed by atoms with Gasteiger partial charge >= 0.3 is 6.03 Å². The molecular formula is C11H7BrF2N4O. The number of halogens is 3. The minimum absolute atomic E-state index is 0.135. The molecule has 0 fully saturated rings. The number of carbonyl (C=O) groups is 1. The molecular weight excluding hydrogens is 322 g/mol. The minimum Gasteiger partial charge on any atom is -0.305 e. The molecule has 98 valence electrons.